The molecule has 1 aliphatic rings. The predicted molar refractivity (Wildman–Crippen MR) is 160 cm³/mol. The van der Waals surface area contributed by atoms with Gasteiger partial charge in [0.25, 0.3) is 0 Å². The number of amides is 1. The molecule has 210 valence electrons. The summed E-state index contributed by atoms with van der Waals surface area (Å²) >= 11 is 6.82. The Labute approximate surface area is 239 Å². The van der Waals surface area contributed by atoms with Gasteiger partial charge in [-0.2, -0.15) is 9.97 Å². The molecule has 3 aromatic carbocycles. The fraction of sp³-hybridized carbons (Fsp3) is 0.387. The Morgan fingerprint density at radius 3 is 2.62 bits per heavy atom. The summed E-state index contributed by atoms with van der Waals surface area (Å²) < 4.78 is 22.6. The largest absolute Gasteiger partial charge is 0.463 e. The fourth-order valence-electron chi connectivity index (χ4n) is 5.47. The molecule has 1 atom stereocenters. The zero-order valence-corrected chi connectivity index (χ0v) is 24.0. The molecule has 1 saturated heterocycles. The number of benzene rings is 3. The van der Waals surface area contributed by atoms with Crippen LogP contribution in [0.1, 0.15) is 27.2 Å². The summed E-state index contributed by atoms with van der Waals surface area (Å²) in [6.45, 7) is 11.2. The number of carbonyl (C=O) groups is 1. The van der Waals surface area contributed by atoms with E-state index in [0.717, 1.165) is 43.2 Å². The number of piperazine rings is 1. The van der Waals surface area contributed by atoms with Crippen LogP contribution in [-0.2, 0) is 4.79 Å². The molecule has 0 saturated carbocycles. The van der Waals surface area contributed by atoms with E-state index in [2.05, 4.69) is 28.6 Å². The lowest BCUT2D eigenvalue weighted by Gasteiger charge is -2.38. The van der Waals surface area contributed by atoms with Crippen LogP contribution in [0.5, 0.6) is 6.01 Å². The standard InChI is InChI=1S/C31H35ClFN5O2/c1-4-36(5-2)14-9-17-40-31-34-29-25(30(35-31)37-15-16-38(20-39)21(3)19-37)18-26(32)27(28(29)33)24-13-8-11-22-10-6-7-12-23(22)24/h6-8,10-13,18,20-21H,4-5,9,14-17,19H2,1-3H3. The fourth-order valence-corrected chi connectivity index (χ4v) is 5.76. The summed E-state index contributed by atoms with van der Waals surface area (Å²) in [4.78, 5) is 26.9. The predicted octanol–water partition coefficient (Wildman–Crippen LogP) is 6.02. The third kappa shape index (κ3) is 5.56. The molecule has 0 radical (unpaired) electrons. The van der Waals surface area contributed by atoms with Crippen LogP contribution >= 0.6 is 11.6 Å². The van der Waals surface area contributed by atoms with E-state index in [1.165, 1.54) is 0 Å². The monoisotopic (exact) mass is 563 g/mol. The van der Waals surface area contributed by atoms with Gasteiger partial charge in [-0.3, -0.25) is 4.79 Å². The molecule has 9 heteroatoms. The molecule has 0 spiro atoms. The van der Waals surface area contributed by atoms with E-state index < -0.39 is 5.82 Å². The average Bonchev–Trinajstić information content (AvgIpc) is 2.97. The molecule has 2 heterocycles. The van der Waals surface area contributed by atoms with Crippen molar-refractivity contribution in [3.8, 4) is 17.1 Å². The number of nitrogens with zero attached hydrogens (tertiary/aromatic N) is 5. The van der Waals surface area contributed by atoms with Gasteiger partial charge in [0, 0.05) is 43.2 Å². The summed E-state index contributed by atoms with van der Waals surface area (Å²) in [5, 5.41) is 2.72. The van der Waals surface area contributed by atoms with E-state index in [-0.39, 0.29) is 17.6 Å². The van der Waals surface area contributed by atoms with Crippen LogP contribution in [0.3, 0.4) is 0 Å². The average molecular weight is 564 g/mol. The van der Waals surface area contributed by atoms with Gasteiger partial charge in [0.05, 0.1) is 11.6 Å². The SMILES string of the molecule is CCN(CC)CCCOc1nc(N2CCN(C=O)C(C)C2)c2cc(Cl)c(-c3cccc4ccccc34)c(F)c2n1. The Balaban J connectivity index is 1.59. The Morgan fingerprint density at radius 1 is 1.10 bits per heavy atom. The number of fused-ring (bicyclic) bond motifs is 2. The molecule has 40 heavy (non-hydrogen) atoms. The highest BCUT2D eigenvalue weighted by Crippen LogP contribution is 2.41. The van der Waals surface area contributed by atoms with Crippen molar-refractivity contribution in [3.63, 3.8) is 0 Å². The first-order chi connectivity index (χ1) is 19.4. The Kier molecular flexibility index (Phi) is 8.66. The van der Waals surface area contributed by atoms with Gasteiger partial charge in [0.1, 0.15) is 11.3 Å². The van der Waals surface area contributed by atoms with Crippen LogP contribution in [-0.4, -0.2) is 78.1 Å². The number of carbonyl (C=O) groups excluding carboxylic acids is 1. The van der Waals surface area contributed by atoms with E-state index >= 15 is 4.39 Å². The second kappa shape index (κ2) is 12.4. The molecule has 1 aromatic heterocycles. The van der Waals surface area contributed by atoms with E-state index in [0.29, 0.717) is 53.6 Å². The molecule has 0 aliphatic carbocycles. The first-order valence-corrected chi connectivity index (χ1v) is 14.3. The van der Waals surface area contributed by atoms with E-state index in [1.54, 1.807) is 11.0 Å². The van der Waals surface area contributed by atoms with Gasteiger partial charge in [-0.1, -0.05) is 67.9 Å². The zero-order chi connectivity index (χ0) is 28.2. The van der Waals surface area contributed by atoms with Crippen LogP contribution < -0.4 is 9.64 Å². The molecular formula is C31H35ClFN5O2. The van der Waals surface area contributed by atoms with Gasteiger partial charge in [0.2, 0.25) is 6.41 Å². The van der Waals surface area contributed by atoms with Gasteiger partial charge in [0.15, 0.2) is 5.82 Å². The van der Waals surface area contributed by atoms with Gasteiger partial charge >= 0.3 is 6.01 Å². The topological polar surface area (TPSA) is 61.8 Å². The van der Waals surface area contributed by atoms with Crippen molar-refractivity contribution in [1.29, 1.82) is 0 Å². The van der Waals surface area contributed by atoms with E-state index in [4.69, 9.17) is 21.3 Å². The van der Waals surface area contributed by atoms with E-state index in [1.807, 2.05) is 49.4 Å². The minimum absolute atomic E-state index is 0.0232. The Morgan fingerprint density at radius 2 is 1.88 bits per heavy atom. The van der Waals surface area contributed by atoms with Crippen molar-refractivity contribution < 1.29 is 13.9 Å². The third-order valence-corrected chi connectivity index (χ3v) is 8.06. The molecular weight excluding hydrogens is 529 g/mol. The quantitative estimate of drug-likeness (QED) is 0.174. The van der Waals surface area contributed by atoms with Gasteiger partial charge in [-0.05, 0) is 48.8 Å². The first kappa shape index (κ1) is 28.1. The van der Waals surface area contributed by atoms with Crippen molar-refractivity contribution in [1.82, 2.24) is 19.8 Å². The lowest BCUT2D eigenvalue weighted by molar-refractivity contribution is -0.120. The zero-order valence-electron chi connectivity index (χ0n) is 23.2. The maximum atomic E-state index is 16.5. The normalized spacial score (nSPS) is 15.8. The van der Waals surface area contributed by atoms with Crippen LogP contribution in [0.15, 0.2) is 48.5 Å². The lowest BCUT2D eigenvalue weighted by Crippen LogP contribution is -2.51. The first-order valence-electron chi connectivity index (χ1n) is 13.9. The van der Waals surface area contributed by atoms with Crippen LogP contribution in [0.25, 0.3) is 32.8 Å². The van der Waals surface area contributed by atoms with Crippen LogP contribution in [0, 0.1) is 5.82 Å². The number of halogens is 2. The molecule has 1 amide bonds. The molecule has 5 rings (SSSR count). The number of aromatic nitrogens is 2. The number of rotatable bonds is 10. The van der Waals surface area contributed by atoms with Gasteiger partial charge < -0.3 is 19.4 Å². The molecule has 1 aliphatic heterocycles. The maximum Gasteiger partial charge on any atom is 0.319 e. The number of hydrogen-bond donors (Lipinski definition) is 0. The second-order valence-electron chi connectivity index (χ2n) is 10.2. The highest BCUT2D eigenvalue weighted by Gasteiger charge is 2.28. The molecule has 1 fully saturated rings. The molecule has 1 unspecified atom stereocenters. The van der Waals surface area contributed by atoms with Crippen molar-refractivity contribution in [2.24, 2.45) is 0 Å². The summed E-state index contributed by atoms with van der Waals surface area (Å²) in [5.41, 5.74) is 1.18. The van der Waals surface area contributed by atoms with Crippen molar-refractivity contribution in [3.05, 3.63) is 59.4 Å². The van der Waals surface area contributed by atoms with Crippen LogP contribution in [0.2, 0.25) is 5.02 Å². The second-order valence-corrected chi connectivity index (χ2v) is 10.6. The Bertz CT molecular complexity index is 1510. The summed E-state index contributed by atoms with van der Waals surface area (Å²) in [7, 11) is 0. The van der Waals surface area contributed by atoms with Gasteiger partial charge in [-0.25, -0.2) is 4.39 Å². The smallest absolute Gasteiger partial charge is 0.319 e. The lowest BCUT2D eigenvalue weighted by atomic mass is 9.96. The minimum atomic E-state index is -0.505. The number of ether oxygens (including phenoxy) is 1. The highest BCUT2D eigenvalue weighted by atomic mass is 35.5. The summed E-state index contributed by atoms with van der Waals surface area (Å²) in [5.74, 6) is 0.0569. The Hall–Kier alpha value is -3.49. The summed E-state index contributed by atoms with van der Waals surface area (Å²) in [6.07, 6.45) is 1.68. The highest BCUT2D eigenvalue weighted by molar-refractivity contribution is 6.35. The van der Waals surface area contributed by atoms with Crippen LogP contribution in [0.4, 0.5) is 10.2 Å². The maximum absolute atomic E-state index is 16.5. The molecule has 7 nitrogen and oxygen atoms in total. The molecule has 0 N–H and O–H groups in total. The summed E-state index contributed by atoms with van der Waals surface area (Å²) in [6, 6.07) is 15.5. The molecule has 0 bridgehead atoms. The minimum Gasteiger partial charge on any atom is -0.463 e. The number of hydrogen-bond acceptors (Lipinski definition) is 6. The van der Waals surface area contributed by atoms with Crippen molar-refractivity contribution in [2.75, 3.05) is 50.8 Å². The van der Waals surface area contributed by atoms with Gasteiger partial charge in [-0.15, -0.1) is 0 Å². The van der Waals surface area contributed by atoms with Crippen molar-refractivity contribution >= 4 is 45.5 Å². The molecule has 4 aromatic rings. The third-order valence-electron chi connectivity index (χ3n) is 7.76. The van der Waals surface area contributed by atoms with E-state index in [9.17, 15) is 4.79 Å². The van der Waals surface area contributed by atoms with Crippen molar-refractivity contribution in [2.45, 2.75) is 33.2 Å². The number of anilines is 1.